The van der Waals surface area contributed by atoms with Gasteiger partial charge in [0.1, 0.15) is 11.9 Å². The molecule has 1 atom stereocenters. The first kappa shape index (κ1) is 23.9. The van der Waals surface area contributed by atoms with Crippen molar-refractivity contribution in [2.75, 3.05) is 25.5 Å². The van der Waals surface area contributed by atoms with Gasteiger partial charge in [0.25, 0.3) is 5.91 Å². The van der Waals surface area contributed by atoms with Crippen LogP contribution in [-0.4, -0.2) is 70.8 Å². The molecule has 2 aromatic rings. The number of amides is 1. The van der Waals surface area contributed by atoms with Gasteiger partial charge < -0.3 is 20.0 Å². The predicted octanol–water partition coefficient (Wildman–Crippen LogP) is 3.01. The molecule has 1 aliphatic heterocycles. The zero-order valence-corrected chi connectivity index (χ0v) is 16.9. The van der Waals surface area contributed by atoms with E-state index >= 15 is 0 Å². The topological polar surface area (TPSA) is 111 Å². The van der Waals surface area contributed by atoms with Crippen molar-refractivity contribution < 1.29 is 37.8 Å². The predicted molar refractivity (Wildman–Crippen MR) is 106 cm³/mol. The Kier molecular flexibility index (Phi) is 7.42. The van der Waals surface area contributed by atoms with Crippen LogP contribution in [-0.2, 0) is 9.59 Å². The molecule has 168 valence electrons. The molecule has 2 N–H and O–H groups in total. The summed E-state index contributed by atoms with van der Waals surface area (Å²) in [4.78, 5) is 41.4. The number of benzene rings is 1. The van der Waals surface area contributed by atoms with E-state index in [9.17, 15) is 27.9 Å². The Morgan fingerprint density at radius 2 is 1.74 bits per heavy atom. The van der Waals surface area contributed by atoms with Gasteiger partial charge in [-0.15, -0.1) is 0 Å². The summed E-state index contributed by atoms with van der Waals surface area (Å²) < 4.78 is 31.7. The number of hydrogen-bond acceptors (Lipinski definition) is 5. The van der Waals surface area contributed by atoms with E-state index in [1.165, 1.54) is 4.90 Å². The molecule has 0 unspecified atom stereocenters. The van der Waals surface area contributed by atoms with Gasteiger partial charge in [0.05, 0.1) is 11.1 Å². The SMILES string of the molecule is CN(C)c1cc(C(=O)N2CCCC[C@@H]2C(=O)O)c2ccccc2n1.O=C(O)C(F)(F)F. The summed E-state index contributed by atoms with van der Waals surface area (Å²) >= 11 is 0. The first-order valence-corrected chi connectivity index (χ1v) is 9.34. The van der Waals surface area contributed by atoms with E-state index in [1.54, 1.807) is 6.07 Å². The molecule has 0 bridgehead atoms. The van der Waals surface area contributed by atoms with Crippen LogP contribution in [0.2, 0.25) is 0 Å². The maximum absolute atomic E-state index is 13.1. The highest BCUT2D eigenvalue weighted by Gasteiger charge is 2.38. The molecule has 1 amide bonds. The number of carboxylic acids is 2. The van der Waals surface area contributed by atoms with Gasteiger partial charge in [0.15, 0.2) is 0 Å². The summed E-state index contributed by atoms with van der Waals surface area (Å²) in [5.74, 6) is -3.24. The number of alkyl halides is 3. The maximum atomic E-state index is 13.1. The first-order chi connectivity index (χ1) is 14.4. The number of nitrogens with zero attached hydrogens (tertiary/aromatic N) is 3. The summed E-state index contributed by atoms with van der Waals surface area (Å²) in [5, 5.41) is 17.3. The summed E-state index contributed by atoms with van der Waals surface area (Å²) in [6.07, 6.45) is -2.91. The molecule has 0 spiro atoms. The largest absolute Gasteiger partial charge is 0.490 e. The second-order valence-electron chi connectivity index (χ2n) is 7.09. The van der Waals surface area contributed by atoms with Crippen molar-refractivity contribution >= 4 is 34.6 Å². The molecule has 3 rings (SSSR count). The fraction of sp³-hybridized carbons (Fsp3) is 0.400. The second-order valence-corrected chi connectivity index (χ2v) is 7.09. The third-order valence-electron chi connectivity index (χ3n) is 4.68. The molecule has 0 saturated carbocycles. The van der Waals surface area contributed by atoms with Crippen molar-refractivity contribution in [1.82, 2.24) is 9.88 Å². The van der Waals surface area contributed by atoms with Crippen LogP contribution in [0, 0.1) is 0 Å². The van der Waals surface area contributed by atoms with E-state index in [2.05, 4.69) is 4.98 Å². The summed E-state index contributed by atoms with van der Waals surface area (Å²) in [7, 11) is 3.73. The van der Waals surface area contributed by atoms with Crippen molar-refractivity contribution in [2.24, 2.45) is 0 Å². The van der Waals surface area contributed by atoms with Gasteiger partial charge in [0.2, 0.25) is 0 Å². The lowest BCUT2D eigenvalue weighted by molar-refractivity contribution is -0.192. The molecule has 0 radical (unpaired) electrons. The maximum Gasteiger partial charge on any atom is 0.490 e. The Morgan fingerprint density at radius 3 is 2.29 bits per heavy atom. The lowest BCUT2D eigenvalue weighted by Crippen LogP contribution is -2.48. The number of likely N-dealkylation sites (tertiary alicyclic amines) is 1. The number of anilines is 1. The number of fused-ring (bicyclic) bond motifs is 1. The molecule has 1 saturated heterocycles. The Balaban J connectivity index is 0.000000423. The number of pyridine rings is 1. The molecular formula is C20H22F3N3O5. The van der Waals surface area contributed by atoms with Gasteiger partial charge in [-0.2, -0.15) is 13.2 Å². The number of carbonyl (C=O) groups excluding carboxylic acids is 1. The van der Waals surface area contributed by atoms with Crippen LogP contribution >= 0.6 is 0 Å². The van der Waals surface area contributed by atoms with E-state index < -0.39 is 24.2 Å². The standard InChI is InChI=1S/C18H21N3O3.C2HF3O2/c1-20(2)16-11-13(12-7-3-4-8-14(12)19-16)17(22)21-10-6-5-9-15(21)18(23)24;3-2(4,5)1(6)7/h3-4,7-8,11,15H,5-6,9-10H2,1-2H3,(H,23,24);(H,6,7)/t15-;/m1./s1. The molecule has 1 fully saturated rings. The Morgan fingerprint density at radius 1 is 1.13 bits per heavy atom. The third-order valence-corrected chi connectivity index (χ3v) is 4.68. The van der Waals surface area contributed by atoms with E-state index in [0.717, 1.165) is 23.7 Å². The number of para-hydroxylation sites is 1. The number of rotatable bonds is 3. The molecule has 31 heavy (non-hydrogen) atoms. The van der Waals surface area contributed by atoms with E-state index in [0.29, 0.717) is 24.3 Å². The van der Waals surface area contributed by atoms with Gasteiger partial charge >= 0.3 is 18.1 Å². The molecule has 2 heterocycles. The van der Waals surface area contributed by atoms with Crippen molar-refractivity contribution in [3.05, 3.63) is 35.9 Å². The van der Waals surface area contributed by atoms with Gasteiger partial charge in [-0.05, 0) is 31.4 Å². The molecule has 1 aliphatic rings. The first-order valence-electron chi connectivity index (χ1n) is 9.34. The fourth-order valence-corrected chi connectivity index (χ4v) is 3.15. The minimum absolute atomic E-state index is 0.233. The average molecular weight is 441 g/mol. The number of carboxylic acid groups (broad SMARTS) is 2. The zero-order valence-electron chi connectivity index (χ0n) is 16.9. The number of halogens is 3. The van der Waals surface area contributed by atoms with Crippen molar-refractivity contribution in [3.63, 3.8) is 0 Å². The van der Waals surface area contributed by atoms with Crippen molar-refractivity contribution in [1.29, 1.82) is 0 Å². The van der Waals surface area contributed by atoms with E-state index in [-0.39, 0.29) is 5.91 Å². The van der Waals surface area contributed by atoms with Gasteiger partial charge in [-0.1, -0.05) is 18.2 Å². The highest BCUT2D eigenvalue weighted by molar-refractivity contribution is 6.08. The van der Waals surface area contributed by atoms with Crippen molar-refractivity contribution in [2.45, 2.75) is 31.5 Å². The smallest absolute Gasteiger partial charge is 0.480 e. The second kappa shape index (κ2) is 9.63. The van der Waals surface area contributed by atoms with E-state index in [1.807, 2.05) is 43.3 Å². The number of piperidine rings is 1. The summed E-state index contributed by atoms with van der Waals surface area (Å²) in [6.45, 7) is 0.476. The molecule has 8 nitrogen and oxygen atoms in total. The van der Waals surface area contributed by atoms with Gasteiger partial charge in [-0.3, -0.25) is 4.79 Å². The van der Waals surface area contributed by atoms with Crippen LogP contribution in [0.25, 0.3) is 10.9 Å². The van der Waals surface area contributed by atoms with Gasteiger partial charge in [-0.25, -0.2) is 14.6 Å². The number of hydrogen-bond donors (Lipinski definition) is 2. The van der Waals surface area contributed by atoms with Crippen molar-refractivity contribution in [3.8, 4) is 0 Å². The number of aromatic nitrogens is 1. The molecule has 0 aliphatic carbocycles. The zero-order chi connectivity index (χ0) is 23.3. The third kappa shape index (κ3) is 5.83. The minimum atomic E-state index is -5.08. The lowest BCUT2D eigenvalue weighted by Gasteiger charge is -2.33. The number of aliphatic carboxylic acids is 2. The fourth-order valence-electron chi connectivity index (χ4n) is 3.15. The lowest BCUT2D eigenvalue weighted by atomic mass is 9.99. The molecule has 1 aromatic heterocycles. The van der Waals surface area contributed by atoms with Crippen LogP contribution in [0.3, 0.4) is 0 Å². The van der Waals surface area contributed by atoms with Crippen LogP contribution in [0.4, 0.5) is 19.0 Å². The highest BCUT2D eigenvalue weighted by Crippen LogP contribution is 2.26. The van der Waals surface area contributed by atoms with Crippen LogP contribution < -0.4 is 4.90 Å². The quantitative estimate of drug-likeness (QED) is 0.753. The average Bonchev–Trinajstić information content (AvgIpc) is 2.72. The molecule has 11 heteroatoms. The summed E-state index contributed by atoms with van der Waals surface area (Å²) in [5.41, 5.74) is 1.24. The summed E-state index contributed by atoms with van der Waals surface area (Å²) in [6, 6.07) is 8.46. The van der Waals surface area contributed by atoms with Gasteiger partial charge in [0, 0.05) is 26.0 Å². The van der Waals surface area contributed by atoms with Crippen LogP contribution in [0.1, 0.15) is 29.6 Å². The normalized spacial score (nSPS) is 16.3. The van der Waals surface area contributed by atoms with Crippen LogP contribution in [0.15, 0.2) is 30.3 Å². The Labute approximate surface area is 175 Å². The number of carbonyl (C=O) groups is 3. The molecular weight excluding hydrogens is 419 g/mol. The Bertz CT molecular complexity index is 978. The van der Waals surface area contributed by atoms with Crippen LogP contribution in [0.5, 0.6) is 0 Å². The molecule has 1 aromatic carbocycles. The Hall–Kier alpha value is -3.37. The van der Waals surface area contributed by atoms with E-state index in [4.69, 9.17) is 9.90 Å². The minimum Gasteiger partial charge on any atom is -0.480 e. The monoisotopic (exact) mass is 441 g/mol. The highest BCUT2D eigenvalue weighted by atomic mass is 19.4.